The van der Waals surface area contributed by atoms with Gasteiger partial charge in [0.2, 0.25) is 0 Å². The van der Waals surface area contributed by atoms with E-state index in [4.69, 9.17) is 10.5 Å². The topological polar surface area (TPSA) is 97.1 Å². The van der Waals surface area contributed by atoms with Gasteiger partial charge in [-0.25, -0.2) is 9.97 Å². The standard InChI is InChI=1S/C22H24F5N5O2S/c23-35(24,25,26,27)15-1-2-17(18(28)11-15)22(33)32-8-4-14(12-32)16-3-7-29-21-19(16)30-20(31-21)13-5-9-34-10-6-13/h1-3,7,11,13-14H,4-6,8-10,12,28H2,(H,29,30,31)/t14-/m0/s1. The molecule has 0 unspecified atom stereocenters. The predicted molar refractivity (Wildman–Crippen MR) is 122 cm³/mol. The third-order valence-electron chi connectivity index (χ3n) is 6.66. The number of halogens is 5. The number of amides is 1. The maximum atomic E-state index is 13.1. The van der Waals surface area contributed by atoms with Crippen LogP contribution < -0.4 is 5.73 Å². The Bertz CT molecular complexity index is 1310. The maximum Gasteiger partial charge on any atom is 0.310 e. The Morgan fingerprint density at radius 3 is 2.51 bits per heavy atom. The van der Waals surface area contributed by atoms with Crippen molar-refractivity contribution in [1.82, 2.24) is 19.9 Å². The first kappa shape index (κ1) is 23.8. The number of ether oxygens (including phenoxy) is 1. The van der Waals surface area contributed by atoms with Crippen LogP contribution >= 0.6 is 10.2 Å². The minimum Gasteiger partial charge on any atom is -0.398 e. The third kappa shape index (κ3) is 4.66. The number of hydrogen-bond donors (Lipinski definition) is 2. The van der Waals surface area contributed by atoms with Crippen molar-refractivity contribution in [3.8, 4) is 0 Å². The molecule has 0 aliphatic carbocycles. The quantitative estimate of drug-likeness (QED) is 0.341. The molecule has 190 valence electrons. The average molecular weight is 518 g/mol. The zero-order valence-electron chi connectivity index (χ0n) is 18.5. The number of rotatable bonds is 4. The van der Waals surface area contributed by atoms with Crippen LogP contribution in [0, 0.1) is 0 Å². The van der Waals surface area contributed by atoms with Crippen LogP contribution in [0.3, 0.4) is 0 Å². The van der Waals surface area contributed by atoms with Gasteiger partial charge in [-0.05, 0) is 49.1 Å². The van der Waals surface area contributed by atoms with Gasteiger partial charge in [0.25, 0.3) is 5.91 Å². The number of aromatic amines is 1. The van der Waals surface area contributed by atoms with Crippen LogP contribution in [0.2, 0.25) is 0 Å². The summed E-state index contributed by atoms with van der Waals surface area (Å²) in [5, 5.41) is 0. The van der Waals surface area contributed by atoms with Crippen molar-refractivity contribution < 1.29 is 29.0 Å². The van der Waals surface area contributed by atoms with Crippen molar-refractivity contribution in [2.45, 2.75) is 36.0 Å². The molecule has 0 spiro atoms. The molecular formula is C22H24F5N5O2S. The molecule has 5 rings (SSSR count). The first-order valence-electron chi connectivity index (χ1n) is 11.2. The van der Waals surface area contributed by atoms with Crippen molar-refractivity contribution in [3.63, 3.8) is 0 Å². The molecule has 35 heavy (non-hydrogen) atoms. The molecule has 1 atom stereocenters. The number of likely N-dealkylation sites (tertiary alicyclic amines) is 1. The fourth-order valence-corrected chi connectivity index (χ4v) is 5.47. The molecule has 1 amide bonds. The number of aromatic nitrogens is 3. The number of hydrogen-bond acceptors (Lipinski definition) is 5. The van der Waals surface area contributed by atoms with Gasteiger partial charge in [0.15, 0.2) is 5.65 Å². The molecule has 13 heteroatoms. The molecular weight excluding hydrogens is 493 g/mol. The molecule has 2 fully saturated rings. The largest absolute Gasteiger partial charge is 0.398 e. The zero-order chi connectivity index (χ0) is 25.1. The molecule has 4 heterocycles. The van der Waals surface area contributed by atoms with E-state index in [1.165, 1.54) is 4.90 Å². The van der Waals surface area contributed by atoms with E-state index in [2.05, 4.69) is 15.0 Å². The van der Waals surface area contributed by atoms with Crippen LogP contribution in [0.5, 0.6) is 0 Å². The van der Waals surface area contributed by atoms with Gasteiger partial charge in [-0.1, -0.05) is 19.4 Å². The highest BCUT2D eigenvalue weighted by Gasteiger charge is 2.65. The molecule has 3 aromatic rings. The Kier molecular flexibility index (Phi) is 5.12. The lowest BCUT2D eigenvalue weighted by Crippen LogP contribution is -2.29. The van der Waals surface area contributed by atoms with E-state index < -0.39 is 26.7 Å². The monoisotopic (exact) mass is 517 g/mol. The van der Waals surface area contributed by atoms with E-state index in [1.807, 2.05) is 6.07 Å². The van der Waals surface area contributed by atoms with Crippen LogP contribution in [0.25, 0.3) is 11.2 Å². The number of nitrogens with one attached hydrogen (secondary N) is 1. The molecule has 2 aromatic heterocycles. The van der Waals surface area contributed by atoms with E-state index in [1.54, 1.807) is 6.20 Å². The first-order chi connectivity index (χ1) is 16.3. The molecule has 2 aliphatic heterocycles. The lowest BCUT2D eigenvalue weighted by Gasteiger charge is -2.40. The highest BCUT2D eigenvalue weighted by atomic mass is 32.5. The van der Waals surface area contributed by atoms with Crippen LogP contribution in [-0.2, 0) is 4.74 Å². The van der Waals surface area contributed by atoms with Crippen molar-refractivity contribution in [1.29, 1.82) is 0 Å². The Morgan fingerprint density at radius 1 is 1.09 bits per heavy atom. The molecule has 7 nitrogen and oxygen atoms in total. The van der Waals surface area contributed by atoms with Gasteiger partial charge in [0.1, 0.15) is 10.7 Å². The Labute approximate surface area is 197 Å². The zero-order valence-corrected chi connectivity index (χ0v) is 19.3. The number of H-pyrrole nitrogens is 1. The van der Waals surface area contributed by atoms with Gasteiger partial charge in [-0.15, -0.1) is 0 Å². The van der Waals surface area contributed by atoms with Gasteiger partial charge >= 0.3 is 10.2 Å². The van der Waals surface area contributed by atoms with Crippen molar-refractivity contribution in [2.24, 2.45) is 0 Å². The second kappa shape index (κ2) is 7.53. The van der Waals surface area contributed by atoms with Gasteiger partial charge in [-0.3, -0.25) is 4.79 Å². The number of imidazole rings is 1. The van der Waals surface area contributed by atoms with Crippen molar-refractivity contribution >= 4 is 33.0 Å². The fourth-order valence-electron chi connectivity index (χ4n) is 4.80. The van der Waals surface area contributed by atoms with E-state index in [-0.39, 0.29) is 29.5 Å². The normalized spacial score (nSPS) is 21.7. The summed E-state index contributed by atoms with van der Waals surface area (Å²) in [4.78, 5) is 24.7. The Morgan fingerprint density at radius 2 is 1.83 bits per heavy atom. The van der Waals surface area contributed by atoms with E-state index in [9.17, 15) is 24.2 Å². The predicted octanol–water partition coefficient (Wildman–Crippen LogP) is 5.72. The molecule has 0 saturated carbocycles. The summed E-state index contributed by atoms with van der Waals surface area (Å²) in [5.41, 5.74) is 7.07. The van der Waals surface area contributed by atoms with Crippen LogP contribution in [0.1, 0.15) is 52.8 Å². The van der Waals surface area contributed by atoms with Crippen LogP contribution in [-0.4, -0.2) is 52.1 Å². The molecule has 0 bridgehead atoms. The Balaban J connectivity index is 1.37. The minimum absolute atomic E-state index is 0.0577. The molecule has 1 aromatic carbocycles. The molecule has 3 N–H and O–H groups in total. The van der Waals surface area contributed by atoms with E-state index >= 15 is 0 Å². The molecule has 2 aliphatic rings. The number of anilines is 1. The second-order valence-electron chi connectivity index (χ2n) is 9.06. The number of carbonyl (C=O) groups excluding carboxylic acids is 1. The third-order valence-corrected chi connectivity index (χ3v) is 7.81. The van der Waals surface area contributed by atoms with Crippen molar-refractivity contribution in [2.75, 3.05) is 32.0 Å². The van der Waals surface area contributed by atoms with Gasteiger partial charge < -0.3 is 20.4 Å². The average Bonchev–Trinajstić information content (AvgIpc) is 3.45. The summed E-state index contributed by atoms with van der Waals surface area (Å²) in [6.07, 6.45) is 4.00. The summed E-state index contributed by atoms with van der Waals surface area (Å²) >= 11 is 0. The second-order valence-corrected chi connectivity index (χ2v) is 11.5. The minimum atomic E-state index is -9.89. The number of nitrogens with two attached hydrogens (primary N) is 1. The number of nitrogen functional groups attached to an aromatic ring is 1. The lowest BCUT2D eigenvalue weighted by atomic mass is 9.98. The number of benzene rings is 1. The Hall–Kier alpha value is -2.93. The number of fused-ring (bicyclic) bond motifs is 1. The smallest absolute Gasteiger partial charge is 0.310 e. The first-order valence-corrected chi connectivity index (χ1v) is 13.1. The highest BCUT2D eigenvalue weighted by Crippen LogP contribution is 3.02. The summed E-state index contributed by atoms with van der Waals surface area (Å²) in [6.45, 7) is 1.99. The van der Waals surface area contributed by atoms with E-state index in [0.717, 1.165) is 35.8 Å². The van der Waals surface area contributed by atoms with Crippen molar-refractivity contribution in [3.05, 3.63) is 47.4 Å². The molecule has 2 saturated heterocycles. The fraction of sp³-hybridized carbons (Fsp3) is 0.409. The van der Waals surface area contributed by atoms with Gasteiger partial charge in [0, 0.05) is 50.0 Å². The number of carbonyl (C=O) groups is 1. The summed E-state index contributed by atoms with van der Waals surface area (Å²) in [5.74, 6) is 0.449. The number of pyridine rings is 1. The summed E-state index contributed by atoms with van der Waals surface area (Å²) < 4.78 is 70.8. The number of nitrogens with zero attached hydrogens (tertiary/aromatic N) is 3. The van der Waals surface area contributed by atoms with Crippen LogP contribution in [0.15, 0.2) is 35.4 Å². The molecule has 0 radical (unpaired) electrons. The maximum absolute atomic E-state index is 13.1. The summed E-state index contributed by atoms with van der Waals surface area (Å²) in [6, 6.07) is 2.94. The summed E-state index contributed by atoms with van der Waals surface area (Å²) in [7, 11) is -9.89. The van der Waals surface area contributed by atoms with Gasteiger partial charge in [0.05, 0.1) is 11.1 Å². The van der Waals surface area contributed by atoms with E-state index in [0.29, 0.717) is 38.4 Å². The lowest BCUT2D eigenvalue weighted by molar-refractivity contribution is 0.0791. The van der Waals surface area contributed by atoms with Gasteiger partial charge in [-0.2, -0.15) is 0 Å². The highest BCUT2D eigenvalue weighted by molar-refractivity contribution is 8.45. The van der Waals surface area contributed by atoms with Crippen LogP contribution in [0.4, 0.5) is 25.1 Å². The SMILES string of the molecule is Nc1cc(S(F)(F)(F)(F)F)ccc1C(=O)N1CC[C@H](c2ccnc3nc(C4CCOCC4)[nH]c23)C1.